The smallest absolute Gasteiger partial charge is 0.409 e. The van der Waals surface area contributed by atoms with Gasteiger partial charge in [0.1, 0.15) is 11.6 Å². The summed E-state index contributed by atoms with van der Waals surface area (Å²) in [7, 11) is 0. The minimum atomic E-state index is -1.17. The van der Waals surface area contributed by atoms with Crippen LogP contribution in [0.15, 0.2) is 53.9 Å². The predicted octanol–water partition coefficient (Wildman–Crippen LogP) is 4.09. The van der Waals surface area contributed by atoms with Gasteiger partial charge in [-0.05, 0) is 34.7 Å². The summed E-state index contributed by atoms with van der Waals surface area (Å²) in [5.41, 5.74) is 8.32. The zero-order valence-corrected chi connectivity index (χ0v) is 13.5. The van der Waals surface area contributed by atoms with Crippen molar-refractivity contribution >= 4 is 34.8 Å². The minimum Gasteiger partial charge on any atom is -0.465 e. The third-order valence-corrected chi connectivity index (χ3v) is 4.32. The summed E-state index contributed by atoms with van der Waals surface area (Å²) in [5.74, 6) is 0.723. The first-order chi connectivity index (χ1) is 11.6. The molecule has 0 saturated heterocycles. The van der Waals surface area contributed by atoms with Crippen molar-refractivity contribution < 1.29 is 9.90 Å². The Morgan fingerprint density at radius 1 is 1.17 bits per heavy atom. The molecule has 3 aromatic rings. The molecule has 0 radical (unpaired) electrons. The second kappa shape index (κ2) is 7.01. The molecule has 0 aliphatic heterocycles. The van der Waals surface area contributed by atoms with Gasteiger partial charge in [0.15, 0.2) is 0 Å². The molecule has 122 valence electrons. The summed E-state index contributed by atoms with van der Waals surface area (Å²) >= 11 is 1.71. The number of anilines is 3. The van der Waals surface area contributed by atoms with Gasteiger partial charge in [0.05, 0.1) is 5.69 Å². The Morgan fingerprint density at radius 3 is 2.58 bits per heavy atom. The normalized spacial score (nSPS) is 10.3. The number of carbonyl (C=O) groups is 1. The summed E-state index contributed by atoms with van der Waals surface area (Å²) in [6.07, 6.45) is -1.17. The van der Waals surface area contributed by atoms with E-state index in [1.165, 1.54) is 10.4 Å². The van der Waals surface area contributed by atoms with Crippen molar-refractivity contribution in [2.75, 3.05) is 16.4 Å². The molecule has 0 aliphatic carbocycles. The highest BCUT2D eigenvalue weighted by Gasteiger charge is 2.05. The summed E-state index contributed by atoms with van der Waals surface area (Å²) < 4.78 is 0. The van der Waals surface area contributed by atoms with Crippen LogP contribution in [0.2, 0.25) is 0 Å². The number of thiophene rings is 1. The van der Waals surface area contributed by atoms with Crippen LogP contribution >= 0.6 is 11.3 Å². The maximum atomic E-state index is 10.6. The van der Waals surface area contributed by atoms with Gasteiger partial charge in [0, 0.05) is 11.4 Å². The van der Waals surface area contributed by atoms with Crippen molar-refractivity contribution in [3.8, 4) is 10.4 Å². The second-order valence-electron chi connectivity index (χ2n) is 5.09. The Balaban J connectivity index is 1.63. The number of nitrogens with two attached hydrogens (primary N) is 1. The molecule has 7 heteroatoms. The first-order valence-electron chi connectivity index (χ1n) is 7.25. The quantitative estimate of drug-likeness (QED) is 0.560. The van der Waals surface area contributed by atoms with E-state index in [1.54, 1.807) is 23.5 Å². The lowest BCUT2D eigenvalue weighted by molar-refractivity contribution is 0.210. The fourth-order valence-corrected chi connectivity index (χ4v) is 2.95. The molecule has 0 spiro atoms. The van der Waals surface area contributed by atoms with Gasteiger partial charge in [-0.15, -0.1) is 11.3 Å². The van der Waals surface area contributed by atoms with E-state index in [2.05, 4.69) is 51.3 Å². The molecule has 1 amide bonds. The number of rotatable bonds is 5. The third kappa shape index (κ3) is 3.82. The van der Waals surface area contributed by atoms with E-state index in [9.17, 15) is 4.79 Å². The van der Waals surface area contributed by atoms with Crippen LogP contribution in [0, 0.1) is 0 Å². The van der Waals surface area contributed by atoms with Crippen molar-refractivity contribution in [3.63, 3.8) is 0 Å². The Bertz CT molecular complexity index is 832. The van der Waals surface area contributed by atoms with Gasteiger partial charge in [-0.1, -0.05) is 30.3 Å². The molecule has 1 aromatic carbocycles. The van der Waals surface area contributed by atoms with Crippen LogP contribution in [0.4, 0.5) is 22.1 Å². The molecule has 0 fully saturated rings. The van der Waals surface area contributed by atoms with E-state index in [-0.39, 0.29) is 11.5 Å². The predicted molar refractivity (Wildman–Crippen MR) is 97.4 cm³/mol. The zero-order valence-electron chi connectivity index (χ0n) is 12.7. The van der Waals surface area contributed by atoms with Crippen molar-refractivity contribution in [1.29, 1.82) is 0 Å². The van der Waals surface area contributed by atoms with Crippen molar-refractivity contribution in [2.24, 2.45) is 0 Å². The zero-order chi connectivity index (χ0) is 16.9. The van der Waals surface area contributed by atoms with Crippen LogP contribution in [0.5, 0.6) is 0 Å². The average Bonchev–Trinajstić information content (AvgIpc) is 3.10. The number of hydrogen-bond acceptors (Lipinski definition) is 5. The lowest BCUT2D eigenvalue weighted by Crippen LogP contribution is -2.11. The van der Waals surface area contributed by atoms with Crippen molar-refractivity contribution in [2.45, 2.75) is 6.54 Å². The summed E-state index contributed by atoms with van der Waals surface area (Å²) in [6, 6.07) is 15.7. The molecule has 0 saturated carbocycles. The number of nitrogens with one attached hydrogen (secondary N) is 2. The van der Waals surface area contributed by atoms with Gasteiger partial charge in [0.25, 0.3) is 0 Å². The van der Waals surface area contributed by atoms with Crippen LogP contribution in [0.3, 0.4) is 0 Å². The molecular formula is C17H16N4O2S. The van der Waals surface area contributed by atoms with Gasteiger partial charge in [-0.3, -0.25) is 5.32 Å². The number of benzene rings is 1. The highest BCUT2D eigenvalue weighted by atomic mass is 32.1. The van der Waals surface area contributed by atoms with E-state index >= 15 is 0 Å². The van der Waals surface area contributed by atoms with Crippen LogP contribution in [-0.2, 0) is 6.54 Å². The fraction of sp³-hybridized carbons (Fsp3) is 0.0588. The molecule has 0 bridgehead atoms. The Labute approximate surface area is 143 Å². The lowest BCUT2D eigenvalue weighted by atomic mass is 10.1. The van der Waals surface area contributed by atoms with Gasteiger partial charge < -0.3 is 16.2 Å². The maximum Gasteiger partial charge on any atom is 0.409 e. The molecule has 24 heavy (non-hydrogen) atoms. The number of hydrogen-bond donors (Lipinski definition) is 4. The summed E-state index contributed by atoms with van der Waals surface area (Å²) in [4.78, 5) is 16.0. The summed E-state index contributed by atoms with van der Waals surface area (Å²) in [6.45, 7) is 0.600. The topological polar surface area (TPSA) is 100 Å². The van der Waals surface area contributed by atoms with E-state index in [1.807, 2.05) is 6.07 Å². The number of carboxylic acid groups (broad SMARTS) is 1. The van der Waals surface area contributed by atoms with E-state index in [0.29, 0.717) is 12.4 Å². The van der Waals surface area contributed by atoms with Gasteiger partial charge in [0.2, 0.25) is 0 Å². The molecule has 6 nitrogen and oxygen atoms in total. The van der Waals surface area contributed by atoms with Crippen molar-refractivity contribution in [1.82, 2.24) is 4.98 Å². The molecule has 5 N–H and O–H groups in total. The van der Waals surface area contributed by atoms with E-state index in [0.717, 1.165) is 5.56 Å². The van der Waals surface area contributed by atoms with Gasteiger partial charge in [-0.25, -0.2) is 9.78 Å². The number of nitrogen functional groups attached to an aromatic ring is 1. The van der Waals surface area contributed by atoms with Gasteiger partial charge >= 0.3 is 6.09 Å². The maximum absolute atomic E-state index is 10.6. The molecule has 0 atom stereocenters. The molecule has 0 aliphatic rings. The Kier molecular flexibility index (Phi) is 4.62. The van der Waals surface area contributed by atoms with Gasteiger partial charge in [-0.2, -0.15) is 0 Å². The number of pyridine rings is 1. The largest absolute Gasteiger partial charge is 0.465 e. The number of amides is 1. The fourth-order valence-electron chi connectivity index (χ4n) is 2.22. The SMILES string of the molecule is Nc1nc(NCc2ccc(-c3cccs3)cc2)ccc1NC(=O)O. The molecule has 0 unspecified atom stereocenters. The third-order valence-electron chi connectivity index (χ3n) is 3.40. The van der Waals surface area contributed by atoms with E-state index in [4.69, 9.17) is 10.8 Å². The first-order valence-corrected chi connectivity index (χ1v) is 8.13. The van der Waals surface area contributed by atoms with Crippen LogP contribution in [-0.4, -0.2) is 16.2 Å². The van der Waals surface area contributed by atoms with Crippen LogP contribution in [0.25, 0.3) is 10.4 Å². The number of nitrogens with zero attached hydrogens (tertiary/aromatic N) is 1. The second-order valence-corrected chi connectivity index (χ2v) is 6.03. The molecule has 3 rings (SSSR count). The standard InChI is InChI=1S/C17H16N4O2S/c18-16-13(20-17(22)23)7-8-15(21-16)19-10-11-3-5-12(6-4-11)14-2-1-9-24-14/h1-9,20H,10H2,(H,22,23)(H3,18,19,21). The highest BCUT2D eigenvalue weighted by Crippen LogP contribution is 2.25. The van der Waals surface area contributed by atoms with Crippen LogP contribution in [0.1, 0.15) is 5.56 Å². The number of aromatic nitrogens is 1. The summed E-state index contributed by atoms with van der Waals surface area (Å²) in [5, 5.41) is 16.1. The minimum absolute atomic E-state index is 0.135. The highest BCUT2D eigenvalue weighted by molar-refractivity contribution is 7.13. The Morgan fingerprint density at radius 2 is 1.96 bits per heavy atom. The Hall–Kier alpha value is -3.06. The monoisotopic (exact) mass is 340 g/mol. The first kappa shape index (κ1) is 15.8. The van der Waals surface area contributed by atoms with Crippen molar-refractivity contribution in [3.05, 3.63) is 59.5 Å². The molecule has 2 aromatic heterocycles. The molecule has 2 heterocycles. The molecular weight excluding hydrogens is 324 g/mol. The lowest BCUT2D eigenvalue weighted by Gasteiger charge is -2.09. The van der Waals surface area contributed by atoms with Crippen LogP contribution < -0.4 is 16.4 Å². The van der Waals surface area contributed by atoms with E-state index < -0.39 is 6.09 Å². The average molecular weight is 340 g/mol.